The summed E-state index contributed by atoms with van der Waals surface area (Å²) in [4.78, 5) is 2.22. The number of ether oxygens (including phenoxy) is 2. The van der Waals surface area contributed by atoms with Crippen LogP contribution in [-0.4, -0.2) is 47.5 Å². The maximum absolute atomic E-state index is 13.5. The van der Waals surface area contributed by atoms with E-state index in [1.807, 2.05) is 24.3 Å². The van der Waals surface area contributed by atoms with E-state index in [-0.39, 0.29) is 5.82 Å². The molecule has 0 aromatic heterocycles. The molecule has 2 heterocycles. The summed E-state index contributed by atoms with van der Waals surface area (Å²) in [6, 6.07) is 11.8. The minimum Gasteiger partial charge on any atom is -0.497 e. The average molecular weight is 387 g/mol. The molecule has 2 aromatic rings. The number of rotatable bonds is 4. The fraction of sp³-hybridized carbons (Fsp3) is 0.455. The first-order valence-electron chi connectivity index (χ1n) is 9.69. The van der Waals surface area contributed by atoms with Crippen LogP contribution in [-0.2, 0) is 0 Å². The third-order valence-electron chi connectivity index (χ3n) is 5.92. The molecule has 2 atom stereocenters. The molecule has 5 nitrogen and oxygen atoms in total. The number of likely N-dealkylation sites (tertiary alicyclic amines) is 1. The molecular weight excluding hydrogens is 361 g/mol. The number of methoxy groups -OCH3 is 1. The number of nitrogens with zero attached hydrogens (tertiary/aromatic N) is 1. The quantitative estimate of drug-likeness (QED) is 0.844. The first-order chi connectivity index (χ1) is 13.5. The van der Waals surface area contributed by atoms with Crippen LogP contribution >= 0.6 is 0 Å². The fourth-order valence-corrected chi connectivity index (χ4v) is 4.24. The van der Waals surface area contributed by atoms with Gasteiger partial charge in [-0.1, -0.05) is 12.1 Å². The van der Waals surface area contributed by atoms with E-state index in [1.165, 1.54) is 12.1 Å². The molecule has 2 aliphatic heterocycles. The molecule has 0 bridgehead atoms. The molecule has 2 aliphatic rings. The van der Waals surface area contributed by atoms with Crippen LogP contribution in [0.1, 0.15) is 42.6 Å². The molecule has 0 aliphatic carbocycles. The van der Waals surface area contributed by atoms with Crippen molar-refractivity contribution >= 4 is 0 Å². The third-order valence-corrected chi connectivity index (χ3v) is 5.92. The summed E-state index contributed by atoms with van der Waals surface area (Å²) in [5, 5.41) is 21.0. The molecule has 1 spiro atoms. The van der Waals surface area contributed by atoms with Crippen LogP contribution in [0.15, 0.2) is 42.5 Å². The van der Waals surface area contributed by atoms with Crippen LogP contribution < -0.4 is 9.47 Å². The maximum Gasteiger partial charge on any atom is 0.126 e. The van der Waals surface area contributed by atoms with Gasteiger partial charge in [-0.3, -0.25) is 0 Å². The number of hydrogen-bond acceptors (Lipinski definition) is 5. The van der Waals surface area contributed by atoms with E-state index < -0.39 is 17.8 Å². The zero-order valence-corrected chi connectivity index (χ0v) is 16.0. The number of piperidine rings is 1. The Morgan fingerprint density at radius 1 is 1.21 bits per heavy atom. The monoisotopic (exact) mass is 387 g/mol. The Kier molecular flexibility index (Phi) is 5.27. The van der Waals surface area contributed by atoms with E-state index in [2.05, 4.69) is 4.90 Å². The molecule has 0 saturated carbocycles. The Hall–Kier alpha value is -2.15. The molecule has 2 N–H and O–H groups in total. The summed E-state index contributed by atoms with van der Waals surface area (Å²) in [7, 11) is 1.62. The van der Waals surface area contributed by atoms with Gasteiger partial charge in [0.15, 0.2) is 0 Å². The molecular formula is C22H26FNO4. The van der Waals surface area contributed by atoms with Crippen molar-refractivity contribution in [2.75, 3.05) is 26.7 Å². The highest BCUT2D eigenvalue weighted by molar-refractivity contribution is 5.38. The van der Waals surface area contributed by atoms with Gasteiger partial charge in [0.25, 0.3) is 0 Å². The second-order valence-electron chi connectivity index (χ2n) is 7.78. The summed E-state index contributed by atoms with van der Waals surface area (Å²) < 4.78 is 24.8. The van der Waals surface area contributed by atoms with Crippen molar-refractivity contribution in [1.82, 2.24) is 4.90 Å². The van der Waals surface area contributed by atoms with E-state index in [4.69, 9.17) is 9.47 Å². The van der Waals surface area contributed by atoms with Gasteiger partial charge in [-0.25, -0.2) is 4.39 Å². The van der Waals surface area contributed by atoms with Crippen LogP contribution in [0.5, 0.6) is 11.5 Å². The van der Waals surface area contributed by atoms with E-state index in [0.29, 0.717) is 24.3 Å². The molecule has 2 aromatic carbocycles. The van der Waals surface area contributed by atoms with Crippen LogP contribution in [0.25, 0.3) is 0 Å². The Bertz CT molecular complexity index is 818. The van der Waals surface area contributed by atoms with Gasteiger partial charge in [0.2, 0.25) is 0 Å². The van der Waals surface area contributed by atoms with Gasteiger partial charge in [0.05, 0.1) is 19.3 Å². The third kappa shape index (κ3) is 3.85. The van der Waals surface area contributed by atoms with Crippen LogP contribution in [0.4, 0.5) is 4.39 Å². The lowest BCUT2D eigenvalue weighted by molar-refractivity contribution is -0.0589. The SMILES string of the molecule is COc1ccc([C@@H](O)CN2CCC3(CC2)C[C@H](O)c2cc(F)ccc2O3)cc1. The number of hydrogen-bond donors (Lipinski definition) is 2. The molecule has 0 unspecified atom stereocenters. The summed E-state index contributed by atoms with van der Waals surface area (Å²) in [5.74, 6) is 0.982. The number of aliphatic hydroxyl groups is 2. The second kappa shape index (κ2) is 7.70. The first-order valence-corrected chi connectivity index (χ1v) is 9.69. The lowest BCUT2D eigenvalue weighted by atomic mass is 9.81. The Morgan fingerprint density at radius 2 is 1.93 bits per heavy atom. The van der Waals surface area contributed by atoms with Crippen molar-refractivity contribution in [2.45, 2.75) is 37.1 Å². The fourth-order valence-electron chi connectivity index (χ4n) is 4.24. The highest BCUT2D eigenvalue weighted by Gasteiger charge is 2.43. The van der Waals surface area contributed by atoms with Gasteiger partial charge in [0, 0.05) is 31.6 Å². The lowest BCUT2D eigenvalue weighted by Crippen LogP contribution is -2.51. The molecule has 1 saturated heterocycles. The average Bonchev–Trinajstić information content (AvgIpc) is 2.71. The molecule has 6 heteroatoms. The topological polar surface area (TPSA) is 62.2 Å². The van der Waals surface area contributed by atoms with Gasteiger partial charge in [-0.15, -0.1) is 0 Å². The zero-order chi connectivity index (χ0) is 19.7. The number of fused-ring (bicyclic) bond motifs is 1. The summed E-state index contributed by atoms with van der Waals surface area (Å²) in [6.45, 7) is 2.10. The van der Waals surface area contributed by atoms with Crippen LogP contribution in [0.2, 0.25) is 0 Å². The van der Waals surface area contributed by atoms with E-state index >= 15 is 0 Å². The number of benzene rings is 2. The minimum absolute atomic E-state index is 0.361. The Labute approximate surface area is 164 Å². The molecule has 28 heavy (non-hydrogen) atoms. The van der Waals surface area contributed by atoms with Gasteiger partial charge >= 0.3 is 0 Å². The van der Waals surface area contributed by atoms with Crippen molar-refractivity contribution in [3.8, 4) is 11.5 Å². The van der Waals surface area contributed by atoms with Gasteiger partial charge < -0.3 is 24.6 Å². The molecule has 0 amide bonds. The lowest BCUT2D eigenvalue weighted by Gasteiger charge is -2.46. The Balaban J connectivity index is 1.37. The smallest absolute Gasteiger partial charge is 0.126 e. The van der Waals surface area contributed by atoms with Crippen LogP contribution in [0, 0.1) is 5.82 Å². The van der Waals surface area contributed by atoms with Gasteiger partial charge in [0.1, 0.15) is 22.9 Å². The number of β-amino-alcohol motifs (C(OH)–C–C–N with tert-alkyl or cyclic N) is 1. The summed E-state index contributed by atoms with van der Waals surface area (Å²) in [6.07, 6.45) is 0.711. The number of halogens is 1. The molecule has 150 valence electrons. The predicted molar refractivity (Wildman–Crippen MR) is 103 cm³/mol. The standard InChI is InChI=1S/C22H26FNO4/c1-27-17-5-2-15(3-6-17)20(26)14-24-10-8-22(9-11-24)13-19(25)18-12-16(23)4-7-21(18)28-22/h2-7,12,19-20,25-26H,8-11,13-14H2,1H3/t19-,20-/m0/s1. The zero-order valence-electron chi connectivity index (χ0n) is 16.0. The summed E-state index contributed by atoms with van der Waals surface area (Å²) in [5.41, 5.74) is 0.968. The molecule has 0 radical (unpaired) electrons. The predicted octanol–water partition coefficient (Wildman–Crippen LogP) is 3.22. The van der Waals surface area contributed by atoms with E-state index in [9.17, 15) is 14.6 Å². The van der Waals surface area contributed by atoms with Crippen molar-refractivity contribution in [2.24, 2.45) is 0 Å². The Morgan fingerprint density at radius 3 is 2.61 bits per heavy atom. The van der Waals surface area contributed by atoms with Gasteiger partial charge in [-0.2, -0.15) is 0 Å². The van der Waals surface area contributed by atoms with E-state index in [0.717, 1.165) is 37.2 Å². The van der Waals surface area contributed by atoms with Crippen molar-refractivity contribution in [1.29, 1.82) is 0 Å². The highest BCUT2D eigenvalue weighted by Crippen LogP contribution is 2.44. The molecule has 4 rings (SSSR count). The summed E-state index contributed by atoms with van der Waals surface area (Å²) >= 11 is 0. The van der Waals surface area contributed by atoms with Crippen molar-refractivity contribution < 1.29 is 24.1 Å². The van der Waals surface area contributed by atoms with Crippen molar-refractivity contribution in [3.05, 3.63) is 59.4 Å². The highest BCUT2D eigenvalue weighted by atomic mass is 19.1. The second-order valence-corrected chi connectivity index (χ2v) is 7.78. The normalized spacial score (nSPS) is 22.4. The number of aliphatic hydroxyl groups excluding tert-OH is 2. The molecule has 1 fully saturated rings. The maximum atomic E-state index is 13.5. The van der Waals surface area contributed by atoms with Crippen LogP contribution in [0.3, 0.4) is 0 Å². The van der Waals surface area contributed by atoms with Gasteiger partial charge in [-0.05, 0) is 48.7 Å². The minimum atomic E-state index is -0.712. The van der Waals surface area contributed by atoms with E-state index in [1.54, 1.807) is 13.2 Å². The van der Waals surface area contributed by atoms with Crippen molar-refractivity contribution in [3.63, 3.8) is 0 Å². The largest absolute Gasteiger partial charge is 0.497 e. The first kappa shape index (κ1) is 19.2.